The molecule has 3 nitrogen and oxygen atoms in total. The van der Waals surface area contributed by atoms with Gasteiger partial charge in [-0.3, -0.25) is 4.79 Å². The van der Waals surface area contributed by atoms with Crippen LogP contribution in [0.2, 0.25) is 0 Å². The normalized spacial score (nSPS) is 13.4. The van der Waals surface area contributed by atoms with E-state index in [1.165, 1.54) is 0 Å². The van der Waals surface area contributed by atoms with Crippen molar-refractivity contribution in [2.24, 2.45) is 0 Å². The van der Waals surface area contributed by atoms with Crippen LogP contribution in [0.15, 0.2) is 69.9 Å². The Hall–Kier alpha value is -2.81. The molecule has 3 aromatic rings. The highest BCUT2D eigenvalue weighted by atomic mass is 16.6. The summed E-state index contributed by atoms with van der Waals surface area (Å²) in [7, 11) is 0. The molecule has 21 heavy (non-hydrogen) atoms. The lowest BCUT2D eigenvalue weighted by molar-refractivity contribution is 0.359. The van der Waals surface area contributed by atoms with Gasteiger partial charge in [0, 0.05) is 12.0 Å². The number of ether oxygens (including phenoxy) is 1. The van der Waals surface area contributed by atoms with Crippen molar-refractivity contribution in [3.05, 3.63) is 82.0 Å². The molecule has 0 radical (unpaired) electrons. The van der Waals surface area contributed by atoms with Crippen molar-refractivity contribution in [1.29, 1.82) is 0 Å². The van der Waals surface area contributed by atoms with E-state index in [2.05, 4.69) is 0 Å². The quantitative estimate of drug-likeness (QED) is 0.679. The van der Waals surface area contributed by atoms with E-state index in [4.69, 9.17) is 9.15 Å². The number of rotatable bonds is 1. The summed E-state index contributed by atoms with van der Waals surface area (Å²) in [6.45, 7) is 0. The molecule has 1 aliphatic heterocycles. The first-order chi connectivity index (χ1) is 10.3. The second kappa shape index (κ2) is 4.63. The molecule has 0 saturated heterocycles. The van der Waals surface area contributed by atoms with E-state index in [-0.39, 0.29) is 5.43 Å². The smallest absolute Gasteiger partial charge is 0.298 e. The fraction of sp³-hybridized carbons (Fsp3) is 0.0556. The van der Waals surface area contributed by atoms with E-state index >= 15 is 0 Å². The molecule has 2 aromatic carbocycles. The monoisotopic (exact) mass is 276 g/mol. The topological polar surface area (TPSA) is 39.4 Å². The number of benzene rings is 2. The Kier molecular flexibility index (Phi) is 2.64. The summed E-state index contributed by atoms with van der Waals surface area (Å²) in [6, 6.07) is 17.0. The summed E-state index contributed by atoms with van der Waals surface area (Å²) in [5, 5.41) is 0.594. The van der Waals surface area contributed by atoms with E-state index in [1.807, 2.05) is 48.5 Å². The molecule has 0 saturated carbocycles. The van der Waals surface area contributed by atoms with Gasteiger partial charge in [0.15, 0.2) is 5.43 Å². The highest BCUT2D eigenvalue weighted by molar-refractivity contribution is 5.78. The minimum atomic E-state index is -0.0183. The zero-order valence-electron chi connectivity index (χ0n) is 11.2. The molecule has 0 bridgehead atoms. The van der Waals surface area contributed by atoms with Crippen LogP contribution in [-0.2, 0) is 6.42 Å². The molecular weight excluding hydrogens is 264 g/mol. The van der Waals surface area contributed by atoms with Gasteiger partial charge in [-0.15, -0.1) is 0 Å². The number of allylic oxidation sites excluding steroid dienone is 1. The maximum absolute atomic E-state index is 12.4. The second-order valence-electron chi connectivity index (χ2n) is 4.93. The number of fused-ring (bicyclic) bond motifs is 2. The Morgan fingerprint density at radius 3 is 2.52 bits per heavy atom. The molecule has 0 atom stereocenters. The predicted octanol–water partition coefficient (Wildman–Crippen LogP) is 3.77. The van der Waals surface area contributed by atoms with Crippen molar-refractivity contribution in [1.82, 2.24) is 0 Å². The fourth-order valence-corrected chi connectivity index (χ4v) is 2.53. The van der Waals surface area contributed by atoms with Gasteiger partial charge < -0.3 is 9.15 Å². The van der Waals surface area contributed by atoms with E-state index in [0.717, 1.165) is 11.3 Å². The average molecular weight is 276 g/mol. The summed E-state index contributed by atoms with van der Waals surface area (Å²) >= 11 is 0. The van der Waals surface area contributed by atoms with Crippen LogP contribution in [0.4, 0.5) is 0 Å². The van der Waals surface area contributed by atoms with Crippen molar-refractivity contribution < 1.29 is 9.15 Å². The third kappa shape index (κ3) is 1.94. The molecule has 2 heterocycles. The fourth-order valence-electron chi connectivity index (χ4n) is 2.53. The van der Waals surface area contributed by atoms with Gasteiger partial charge in [0.1, 0.15) is 11.3 Å². The Labute approximate surface area is 121 Å². The number of hydrogen-bond acceptors (Lipinski definition) is 3. The highest BCUT2D eigenvalue weighted by Gasteiger charge is 2.21. The lowest BCUT2D eigenvalue weighted by atomic mass is 10.1. The lowest BCUT2D eigenvalue weighted by Crippen LogP contribution is -2.14. The van der Waals surface area contributed by atoms with Gasteiger partial charge in [-0.2, -0.15) is 0 Å². The van der Waals surface area contributed by atoms with Crippen LogP contribution in [0, 0.1) is 0 Å². The maximum Gasteiger partial charge on any atom is 0.298 e. The van der Waals surface area contributed by atoms with E-state index in [9.17, 15) is 4.79 Å². The van der Waals surface area contributed by atoms with Crippen LogP contribution in [0.3, 0.4) is 0 Å². The van der Waals surface area contributed by atoms with Crippen LogP contribution in [0.1, 0.15) is 11.1 Å². The summed E-state index contributed by atoms with van der Waals surface area (Å²) in [4.78, 5) is 12.4. The molecule has 0 amide bonds. The van der Waals surface area contributed by atoms with Gasteiger partial charge in [-0.1, -0.05) is 42.5 Å². The summed E-state index contributed by atoms with van der Waals surface area (Å²) in [5.41, 5.74) is 2.08. The standard InChI is InChI=1S/C18H12O3/c19-17-13-8-4-5-9-16(13)21-18-14(17)10-11-15(20-18)12-6-2-1-3-7-12/h1-9,11H,10H2. The van der Waals surface area contributed by atoms with Crippen LogP contribution < -0.4 is 10.2 Å². The second-order valence-corrected chi connectivity index (χ2v) is 4.93. The highest BCUT2D eigenvalue weighted by Crippen LogP contribution is 2.31. The van der Waals surface area contributed by atoms with Crippen LogP contribution in [0.5, 0.6) is 5.95 Å². The van der Waals surface area contributed by atoms with Crippen LogP contribution >= 0.6 is 0 Å². The molecule has 4 rings (SSSR count). The third-order valence-corrected chi connectivity index (χ3v) is 3.61. The van der Waals surface area contributed by atoms with Crippen LogP contribution in [0.25, 0.3) is 16.7 Å². The lowest BCUT2D eigenvalue weighted by Gasteiger charge is -2.16. The van der Waals surface area contributed by atoms with Crippen molar-refractivity contribution in [2.45, 2.75) is 6.42 Å². The van der Waals surface area contributed by atoms with E-state index < -0.39 is 0 Å². The van der Waals surface area contributed by atoms with Crippen molar-refractivity contribution in [3.63, 3.8) is 0 Å². The molecular formula is C18H12O3. The first-order valence-corrected chi connectivity index (χ1v) is 6.81. The average Bonchev–Trinajstić information content (AvgIpc) is 2.55. The molecule has 0 spiro atoms. The molecule has 0 unspecified atom stereocenters. The SMILES string of the molecule is O=c1c2c(oc3ccccc13)OC(c1ccccc1)=CC2. The zero-order valence-corrected chi connectivity index (χ0v) is 11.2. The van der Waals surface area contributed by atoms with Gasteiger partial charge in [-0.25, -0.2) is 0 Å². The number of hydrogen-bond donors (Lipinski definition) is 0. The van der Waals surface area contributed by atoms with E-state index in [0.29, 0.717) is 28.9 Å². The molecule has 3 heteroatoms. The van der Waals surface area contributed by atoms with Gasteiger partial charge >= 0.3 is 0 Å². The minimum Gasteiger partial charge on any atom is -0.425 e. The maximum atomic E-state index is 12.4. The predicted molar refractivity (Wildman–Crippen MR) is 81.2 cm³/mol. The molecule has 0 aliphatic carbocycles. The Bertz CT molecular complexity index is 905. The Morgan fingerprint density at radius 1 is 0.905 bits per heavy atom. The summed E-state index contributed by atoms with van der Waals surface area (Å²) in [5.74, 6) is 1.03. The molecule has 102 valence electrons. The van der Waals surface area contributed by atoms with E-state index in [1.54, 1.807) is 12.1 Å². The zero-order chi connectivity index (χ0) is 14.2. The number of para-hydroxylation sites is 1. The summed E-state index contributed by atoms with van der Waals surface area (Å²) < 4.78 is 11.6. The van der Waals surface area contributed by atoms with Crippen molar-refractivity contribution >= 4 is 16.7 Å². The molecule has 0 fully saturated rings. The Morgan fingerprint density at radius 2 is 1.67 bits per heavy atom. The molecule has 0 N–H and O–H groups in total. The summed E-state index contributed by atoms with van der Waals surface area (Å²) in [6.07, 6.45) is 2.44. The van der Waals surface area contributed by atoms with Gasteiger partial charge in [0.2, 0.25) is 0 Å². The minimum absolute atomic E-state index is 0.0183. The Balaban J connectivity index is 1.85. The van der Waals surface area contributed by atoms with Gasteiger partial charge in [0.05, 0.1) is 10.9 Å². The van der Waals surface area contributed by atoms with Gasteiger partial charge in [-0.05, 0) is 18.2 Å². The molecule has 1 aliphatic rings. The van der Waals surface area contributed by atoms with Gasteiger partial charge in [0.25, 0.3) is 5.95 Å². The van der Waals surface area contributed by atoms with Crippen LogP contribution in [-0.4, -0.2) is 0 Å². The van der Waals surface area contributed by atoms with Crippen molar-refractivity contribution in [3.8, 4) is 5.95 Å². The molecule has 1 aromatic heterocycles. The first-order valence-electron chi connectivity index (χ1n) is 6.81. The first kappa shape index (κ1) is 12.0. The largest absolute Gasteiger partial charge is 0.425 e. The third-order valence-electron chi connectivity index (χ3n) is 3.61. The van der Waals surface area contributed by atoms with Crippen molar-refractivity contribution in [2.75, 3.05) is 0 Å².